The van der Waals surface area contributed by atoms with E-state index in [1.165, 1.54) is 0 Å². The van der Waals surface area contributed by atoms with Crippen LogP contribution >= 0.6 is 0 Å². The minimum absolute atomic E-state index is 0.0326. The zero-order chi connectivity index (χ0) is 14.1. The van der Waals surface area contributed by atoms with E-state index < -0.39 is 0 Å². The molecule has 0 bridgehead atoms. The number of hydrogen-bond donors (Lipinski definition) is 2. The second-order valence-corrected chi connectivity index (χ2v) is 4.24. The van der Waals surface area contributed by atoms with E-state index in [0.717, 1.165) is 5.56 Å². The third-order valence-electron chi connectivity index (χ3n) is 2.56. The third kappa shape index (κ3) is 5.72. The molecule has 0 atom stereocenters. The maximum absolute atomic E-state index is 11.7. The van der Waals surface area contributed by atoms with Gasteiger partial charge in [0.05, 0.1) is 12.3 Å². The Morgan fingerprint density at radius 3 is 2.79 bits per heavy atom. The molecule has 0 aliphatic heterocycles. The van der Waals surface area contributed by atoms with Crippen molar-refractivity contribution in [1.29, 1.82) is 0 Å². The lowest BCUT2D eigenvalue weighted by Crippen LogP contribution is -2.19. The molecule has 0 unspecified atom stereocenters. The molecule has 0 fully saturated rings. The Balaban J connectivity index is 2.67. The number of amides is 1. The number of rotatable bonds is 8. The third-order valence-corrected chi connectivity index (χ3v) is 2.56. The standard InChI is InChI=1S/C14H22N2O3/c1-11-4-5-12(16-14(17)6-7-15-2)13(10-11)19-9-8-18-3/h4-5,10,15H,6-9H2,1-3H3,(H,16,17). The highest BCUT2D eigenvalue weighted by Gasteiger charge is 2.08. The highest BCUT2D eigenvalue weighted by Crippen LogP contribution is 2.25. The van der Waals surface area contributed by atoms with Crippen LogP contribution in [0.2, 0.25) is 0 Å². The van der Waals surface area contributed by atoms with Gasteiger partial charge in [0.1, 0.15) is 12.4 Å². The monoisotopic (exact) mass is 266 g/mol. The number of nitrogens with one attached hydrogen (secondary N) is 2. The maximum Gasteiger partial charge on any atom is 0.225 e. The first-order valence-electron chi connectivity index (χ1n) is 6.34. The van der Waals surface area contributed by atoms with E-state index in [9.17, 15) is 4.79 Å². The first kappa shape index (κ1) is 15.5. The molecule has 1 amide bonds. The van der Waals surface area contributed by atoms with Crippen LogP contribution in [0.25, 0.3) is 0 Å². The van der Waals surface area contributed by atoms with E-state index in [2.05, 4.69) is 10.6 Å². The van der Waals surface area contributed by atoms with Crippen molar-refractivity contribution in [3.63, 3.8) is 0 Å². The van der Waals surface area contributed by atoms with Crippen molar-refractivity contribution in [1.82, 2.24) is 5.32 Å². The van der Waals surface area contributed by atoms with Gasteiger partial charge in [-0.15, -0.1) is 0 Å². The van der Waals surface area contributed by atoms with Crippen molar-refractivity contribution < 1.29 is 14.3 Å². The number of anilines is 1. The average Bonchev–Trinajstić information content (AvgIpc) is 2.39. The van der Waals surface area contributed by atoms with Crippen molar-refractivity contribution in [3.05, 3.63) is 23.8 Å². The fraction of sp³-hybridized carbons (Fsp3) is 0.500. The predicted molar refractivity (Wildman–Crippen MR) is 75.7 cm³/mol. The van der Waals surface area contributed by atoms with Crippen LogP contribution in [0.3, 0.4) is 0 Å². The van der Waals surface area contributed by atoms with Crippen LogP contribution in [0.15, 0.2) is 18.2 Å². The zero-order valence-electron chi connectivity index (χ0n) is 11.8. The Morgan fingerprint density at radius 1 is 1.32 bits per heavy atom. The van der Waals surface area contributed by atoms with Gasteiger partial charge in [0.15, 0.2) is 0 Å². The number of ether oxygens (including phenoxy) is 2. The van der Waals surface area contributed by atoms with Crippen LogP contribution in [0, 0.1) is 6.92 Å². The fourth-order valence-electron chi connectivity index (χ4n) is 1.54. The number of aryl methyl sites for hydroxylation is 1. The van der Waals surface area contributed by atoms with E-state index in [4.69, 9.17) is 9.47 Å². The Labute approximate surface area is 114 Å². The van der Waals surface area contributed by atoms with E-state index in [0.29, 0.717) is 37.6 Å². The second-order valence-electron chi connectivity index (χ2n) is 4.24. The summed E-state index contributed by atoms with van der Waals surface area (Å²) in [5, 5.41) is 5.80. The first-order valence-corrected chi connectivity index (χ1v) is 6.34. The molecule has 0 aromatic heterocycles. The van der Waals surface area contributed by atoms with Gasteiger partial charge in [-0.3, -0.25) is 4.79 Å². The van der Waals surface area contributed by atoms with Crippen molar-refractivity contribution in [2.75, 3.05) is 39.2 Å². The number of benzene rings is 1. The van der Waals surface area contributed by atoms with Crippen molar-refractivity contribution >= 4 is 11.6 Å². The summed E-state index contributed by atoms with van der Waals surface area (Å²) >= 11 is 0. The highest BCUT2D eigenvalue weighted by atomic mass is 16.5. The summed E-state index contributed by atoms with van der Waals surface area (Å²) in [7, 11) is 3.44. The summed E-state index contributed by atoms with van der Waals surface area (Å²) in [6.45, 7) is 3.60. The smallest absolute Gasteiger partial charge is 0.225 e. The van der Waals surface area contributed by atoms with Crippen molar-refractivity contribution in [2.24, 2.45) is 0 Å². The molecular weight excluding hydrogens is 244 g/mol. The van der Waals surface area contributed by atoms with Gasteiger partial charge < -0.3 is 20.1 Å². The largest absolute Gasteiger partial charge is 0.489 e. The van der Waals surface area contributed by atoms with E-state index in [1.54, 1.807) is 7.11 Å². The van der Waals surface area contributed by atoms with Crippen LogP contribution in [-0.2, 0) is 9.53 Å². The van der Waals surface area contributed by atoms with E-state index in [1.807, 2.05) is 32.2 Å². The molecule has 0 saturated heterocycles. The average molecular weight is 266 g/mol. The molecule has 0 saturated carbocycles. The lowest BCUT2D eigenvalue weighted by molar-refractivity contribution is -0.116. The number of hydrogen-bond acceptors (Lipinski definition) is 4. The fourth-order valence-corrected chi connectivity index (χ4v) is 1.54. The van der Waals surface area contributed by atoms with Crippen LogP contribution < -0.4 is 15.4 Å². The summed E-state index contributed by atoms with van der Waals surface area (Å²) in [4.78, 5) is 11.7. The molecule has 1 aromatic rings. The summed E-state index contributed by atoms with van der Waals surface area (Å²) in [6.07, 6.45) is 0.432. The van der Waals surface area contributed by atoms with Gasteiger partial charge in [-0.2, -0.15) is 0 Å². The first-order chi connectivity index (χ1) is 9.17. The van der Waals surface area contributed by atoms with Crippen LogP contribution in [0.5, 0.6) is 5.75 Å². The van der Waals surface area contributed by atoms with Gasteiger partial charge in [-0.25, -0.2) is 0 Å². The van der Waals surface area contributed by atoms with E-state index >= 15 is 0 Å². The molecule has 1 rings (SSSR count). The summed E-state index contributed by atoms with van der Waals surface area (Å²) in [5.74, 6) is 0.643. The molecule has 0 heterocycles. The highest BCUT2D eigenvalue weighted by molar-refractivity contribution is 5.92. The predicted octanol–water partition coefficient (Wildman–Crippen LogP) is 1.57. The lowest BCUT2D eigenvalue weighted by atomic mass is 10.2. The van der Waals surface area contributed by atoms with Gasteiger partial charge in [0.2, 0.25) is 5.91 Å². The van der Waals surface area contributed by atoms with Gasteiger partial charge in [-0.1, -0.05) is 6.07 Å². The molecule has 0 aliphatic carbocycles. The zero-order valence-corrected chi connectivity index (χ0v) is 11.8. The lowest BCUT2D eigenvalue weighted by Gasteiger charge is -2.13. The number of carbonyl (C=O) groups excluding carboxylic acids is 1. The van der Waals surface area contributed by atoms with Gasteiger partial charge in [0.25, 0.3) is 0 Å². The van der Waals surface area contributed by atoms with Gasteiger partial charge in [0, 0.05) is 20.1 Å². The Morgan fingerprint density at radius 2 is 2.11 bits per heavy atom. The summed E-state index contributed by atoms with van der Waals surface area (Å²) < 4.78 is 10.6. The second kappa shape index (κ2) is 8.50. The van der Waals surface area contributed by atoms with Crippen molar-refractivity contribution in [3.8, 4) is 5.75 Å². The normalized spacial score (nSPS) is 10.3. The van der Waals surface area contributed by atoms with Crippen molar-refractivity contribution in [2.45, 2.75) is 13.3 Å². The van der Waals surface area contributed by atoms with E-state index in [-0.39, 0.29) is 5.91 Å². The minimum atomic E-state index is -0.0326. The molecule has 2 N–H and O–H groups in total. The number of carbonyl (C=O) groups is 1. The topological polar surface area (TPSA) is 59.6 Å². The van der Waals surface area contributed by atoms with Gasteiger partial charge in [-0.05, 0) is 31.7 Å². The molecule has 19 heavy (non-hydrogen) atoms. The Hall–Kier alpha value is -1.59. The maximum atomic E-state index is 11.7. The minimum Gasteiger partial charge on any atom is -0.489 e. The van der Waals surface area contributed by atoms with Crippen LogP contribution in [0.1, 0.15) is 12.0 Å². The molecule has 1 aromatic carbocycles. The molecule has 106 valence electrons. The van der Waals surface area contributed by atoms with Crippen LogP contribution in [0.4, 0.5) is 5.69 Å². The Kier molecular flexibility index (Phi) is 6.92. The van der Waals surface area contributed by atoms with Gasteiger partial charge >= 0.3 is 0 Å². The summed E-state index contributed by atoms with van der Waals surface area (Å²) in [6, 6.07) is 5.70. The SMILES string of the molecule is CNCCC(=O)Nc1ccc(C)cc1OCCOC. The molecule has 5 heteroatoms. The molecule has 5 nitrogen and oxygen atoms in total. The number of methoxy groups -OCH3 is 1. The molecule has 0 radical (unpaired) electrons. The summed E-state index contributed by atoms with van der Waals surface area (Å²) in [5.41, 5.74) is 1.78. The molecule has 0 spiro atoms. The van der Waals surface area contributed by atoms with Crippen LogP contribution in [-0.4, -0.2) is 39.8 Å². The molecular formula is C14H22N2O3. The quantitative estimate of drug-likeness (QED) is 0.701. The Bertz CT molecular complexity index is 408. The molecule has 0 aliphatic rings.